The van der Waals surface area contributed by atoms with E-state index in [1.165, 1.54) is 0 Å². The van der Waals surface area contributed by atoms with Gasteiger partial charge >= 0.3 is 13.1 Å². The van der Waals surface area contributed by atoms with Crippen LogP contribution in [0.4, 0.5) is 4.39 Å². The van der Waals surface area contributed by atoms with Gasteiger partial charge in [0, 0.05) is 6.42 Å². The van der Waals surface area contributed by atoms with E-state index >= 15 is 0 Å². The molecule has 154 valence electrons. The van der Waals surface area contributed by atoms with Crippen molar-refractivity contribution in [3.8, 4) is 0 Å². The molecule has 6 heteroatoms. The van der Waals surface area contributed by atoms with Crippen molar-refractivity contribution in [2.45, 2.75) is 83.8 Å². The van der Waals surface area contributed by atoms with Crippen molar-refractivity contribution in [3.63, 3.8) is 0 Å². The second-order valence-electron chi connectivity index (χ2n) is 9.10. The van der Waals surface area contributed by atoms with Crippen molar-refractivity contribution in [3.05, 3.63) is 29.6 Å². The first-order valence-corrected chi connectivity index (χ1v) is 10.4. The number of hydrogen-bond acceptors (Lipinski definition) is 4. The first-order chi connectivity index (χ1) is 13.1. The summed E-state index contributed by atoms with van der Waals surface area (Å²) in [5.41, 5.74) is 0.597. The molecule has 0 radical (unpaired) electrons. The molecule has 3 rings (SSSR count). The van der Waals surface area contributed by atoms with Gasteiger partial charge in [-0.15, -0.1) is 0 Å². The Morgan fingerprint density at radius 2 is 1.75 bits per heavy atom. The minimum Gasteiger partial charge on any atom is -0.466 e. The number of esters is 1. The molecule has 1 aliphatic carbocycles. The van der Waals surface area contributed by atoms with Crippen LogP contribution in [0.2, 0.25) is 0 Å². The Balaban J connectivity index is 1.62. The van der Waals surface area contributed by atoms with Crippen LogP contribution in [0, 0.1) is 11.7 Å². The third-order valence-corrected chi connectivity index (χ3v) is 6.60. The van der Waals surface area contributed by atoms with Gasteiger partial charge in [0.05, 0.1) is 17.8 Å². The number of halogens is 1. The predicted molar refractivity (Wildman–Crippen MR) is 108 cm³/mol. The molecule has 28 heavy (non-hydrogen) atoms. The molecule has 1 saturated carbocycles. The van der Waals surface area contributed by atoms with Crippen LogP contribution in [0.5, 0.6) is 0 Å². The van der Waals surface area contributed by atoms with Crippen LogP contribution in [0.1, 0.15) is 78.2 Å². The Kier molecular flexibility index (Phi) is 6.21. The predicted octanol–water partition coefficient (Wildman–Crippen LogP) is 4.35. The summed E-state index contributed by atoms with van der Waals surface area (Å²) in [6.07, 6.45) is 4.14. The highest BCUT2D eigenvalue weighted by Gasteiger charge is 2.51. The fourth-order valence-electron chi connectivity index (χ4n) is 4.13. The lowest BCUT2D eigenvalue weighted by molar-refractivity contribution is -0.144. The molecule has 0 bridgehead atoms. The van der Waals surface area contributed by atoms with E-state index in [2.05, 4.69) is 0 Å². The minimum atomic E-state index is -0.547. The highest BCUT2D eigenvalue weighted by Crippen LogP contribution is 2.39. The molecular formula is C22H32BFO4. The lowest BCUT2D eigenvalue weighted by atomic mass is 9.75. The fourth-order valence-corrected chi connectivity index (χ4v) is 4.13. The van der Waals surface area contributed by atoms with Crippen LogP contribution in [0.15, 0.2) is 18.2 Å². The maximum absolute atomic E-state index is 14.9. The second-order valence-corrected chi connectivity index (χ2v) is 9.10. The molecule has 1 heterocycles. The molecule has 2 aliphatic rings. The van der Waals surface area contributed by atoms with E-state index in [0.717, 1.165) is 36.7 Å². The maximum Gasteiger partial charge on any atom is 0.494 e. The van der Waals surface area contributed by atoms with Gasteiger partial charge in [-0.1, -0.05) is 12.1 Å². The van der Waals surface area contributed by atoms with Gasteiger partial charge in [-0.05, 0) is 89.2 Å². The van der Waals surface area contributed by atoms with E-state index in [0.29, 0.717) is 18.9 Å². The summed E-state index contributed by atoms with van der Waals surface area (Å²) in [4.78, 5) is 11.7. The number of rotatable bonds is 5. The van der Waals surface area contributed by atoms with Crippen molar-refractivity contribution in [2.75, 3.05) is 6.61 Å². The van der Waals surface area contributed by atoms with Crippen molar-refractivity contribution in [1.82, 2.24) is 0 Å². The molecule has 0 atom stereocenters. The van der Waals surface area contributed by atoms with Crippen LogP contribution in [0.3, 0.4) is 0 Å². The topological polar surface area (TPSA) is 44.8 Å². The summed E-state index contributed by atoms with van der Waals surface area (Å²) in [5.74, 6) is 0.234. The van der Waals surface area contributed by atoms with Gasteiger partial charge in [-0.25, -0.2) is 4.39 Å². The van der Waals surface area contributed by atoms with Crippen LogP contribution in [0.25, 0.3) is 0 Å². The zero-order valence-electron chi connectivity index (χ0n) is 17.7. The lowest BCUT2D eigenvalue weighted by Crippen LogP contribution is -2.41. The number of carbonyl (C=O) groups is 1. The van der Waals surface area contributed by atoms with Gasteiger partial charge < -0.3 is 14.0 Å². The van der Waals surface area contributed by atoms with Gasteiger partial charge in [0.1, 0.15) is 5.82 Å². The smallest absolute Gasteiger partial charge is 0.466 e. The quantitative estimate of drug-likeness (QED) is 0.554. The molecule has 1 aromatic carbocycles. The van der Waals surface area contributed by atoms with E-state index in [9.17, 15) is 9.18 Å². The first-order valence-electron chi connectivity index (χ1n) is 10.4. The Hall–Kier alpha value is -1.40. The van der Waals surface area contributed by atoms with Gasteiger partial charge in [-0.3, -0.25) is 4.79 Å². The van der Waals surface area contributed by atoms with E-state index in [-0.39, 0.29) is 17.7 Å². The maximum atomic E-state index is 14.9. The van der Waals surface area contributed by atoms with Gasteiger partial charge in [-0.2, -0.15) is 0 Å². The van der Waals surface area contributed by atoms with Crippen LogP contribution < -0.4 is 5.46 Å². The third-order valence-electron chi connectivity index (χ3n) is 6.60. The fraction of sp³-hybridized carbons (Fsp3) is 0.682. The van der Waals surface area contributed by atoms with E-state index in [1.807, 2.05) is 46.8 Å². The monoisotopic (exact) mass is 390 g/mol. The van der Waals surface area contributed by atoms with Crippen LogP contribution in [-0.4, -0.2) is 30.9 Å². The summed E-state index contributed by atoms with van der Waals surface area (Å²) < 4.78 is 32.0. The first kappa shape index (κ1) is 21.3. The highest BCUT2D eigenvalue weighted by molar-refractivity contribution is 6.62. The van der Waals surface area contributed by atoms with Gasteiger partial charge in [0.25, 0.3) is 0 Å². The Labute approximate surface area is 168 Å². The molecule has 0 unspecified atom stereocenters. The molecule has 4 nitrogen and oxygen atoms in total. The molecule has 0 spiro atoms. The Morgan fingerprint density at radius 3 is 2.29 bits per heavy atom. The number of ether oxygens (including phenoxy) is 1. The van der Waals surface area contributed by atoms with Crippen molar-refractivity contribution < 1.29 is 23.2 Å². The van der Waals surface area contributed by atoms with Gasteiger partial charge in [0.2, 0.25) is 0 Å². The van der Waals surface area contributed by atoms with Crippen LogP contribution >= 0.6 is 0 Å². The summed E-state index contributed by atoms with van der Waals surface area (Å²) in [7, 11) is -0.547. The minimum absolute atomic E-state index is 0.121. The van der Waals surface area contributed by atoms with Crippen molar-refractivity contribution in [1.29, 1.82) is 0 Å². The Bertz CT molecular complexity index is 694. The van der Waals surface area contributed by atoms with Crippen LogP contribution in [-0.2, 0) is 18.8 Å². The van der Waals surface area contributed by atoms with E-state index in [1.54, 1.807) is 6.07 Å². The van der Waals surface area contributed by atoms with E-state index < -0.39 is 18.3 Å². The zero-order chi connectivity index (χ0) is 20.5. The average molecular weight is 390 g/mol. The lowest BCUT2D eigenvalue weighted by Gasteiger charge is -2.32. The summed E-state index contributed by atoms with van der Waals surface area (Å²) >= 11 is 0. The summed E-state index contributed by atoms with van der Waals surface area (Å²) in [5, 5.41) is 0. The largest absolute Gasteiger partial charge is 0.494 e. The van der Waals surface area contributed by atoms with E-state index in [4.69, 9.17) is 14.0 Å². The molecular weight excluding hydrogens is 358 g/mol. The number of benzene rings is 1. The van der Waals surface area contributed by atoms with Crippen molar-refractivity contribution >= 4 is 18.6 Å². The molecule has 1 saturated heterocycles. The summed E-state index contributed by atoms with van der Waals surface area (Å²) in [6, 6.07) is 5.36. The molecule has 0 N–H and O–H groups in total. The third kappa shape index (κ3) is 4.43. The standard InChI is InChI=1S/C22H32BFO4/c1-6-26-20(25)13-15-7-9-16(10-8-15)18-12-11-17(14-19(18)24)23-27-21(2,3)22(4,5)28-23/h11-12,14-16H,6-10,13H2,1-5H3/t15-,16+. The number of hydrogen-bond donors (Lipinski definition) is 0. The molecule has 1 aromatic rings. The second kappa shape index (κ2) is 8.15. The molecule has 1 aliphatic heterocycles. The SMILES string of the molecule is CCOC(=O)C[C@H]1CC[C@@H](c2ccc(B3OC(C)(C)C(C)(C)O3)cc2F)CC1. The molecule has 0 amide bonds. The Morgan fingerprint density at radius 1 is 1.14 bits per heavy atom. The molecule has 2 fully saturated rings. The normalized spacial score (nSPS) is 26.3. The molecule has 0 aromatic heterocycles. The average Bonchev–Trinajstić information content (AvgIpc) is 2.83. The number of carbonyl (C=O) groups excluding carboxylic acids is 1. The van der Waals surface area contributed by atoms with Gasteiger partial charge in [0.15, 0.2) is 0 Å². The summed E-state index contributed by atoms with van der Waals surface area (Å²) in [6.45, 7) is 10.2. The highest BCUT2D eigenvalue weighted by atomic mass is 19.1. The van der Waals surface area contributed by atoms with Crippen molar-refractivity contribution in [2.24, 2.45) is 5.92 Å². The zero-order valence-corrected chi connectivity index (χ0v) is 17.7.